The molecule has 0 aliphatic heterocycles. The fourth-order valence-electron chi connectivity index (χ4n) is 3.37. The van der Waals surface area contributed by atoms with E-state index in [1.807, 2.05) is 22.8 Å². The van der Waals surface area contributed by atoms with Crippen LogP contribution in [0.2, 0.25) is 0 Å². The van der Waals surface area contributed by atoms with Crippen molar-refractivity contribution in [3.8, 4) is 11.5 Å². The highest BCUT2D eigenvalue weighted by Crippen LogP contribution is 2.39. The van der Waals surface area contributed by atoms with Crippen molar-refractivity contribution in [3.05, 3.63) is 46.7 Å². The SMILES string of the molecule is C=C1CC(c2noc(-c3ccc4c(c3)[nH]c(=O)n4CC3CC3)n2)C1. The van der Waals surface area contributed by atoms with Gasteiger partial charge in [0.15, 0.2) is 5.82 Å². The van der Waals surface area contributed by atoms with Gasteiger partial charge in [-0.15, -0.1) is 0 Å². The zero-order valence-corrected chi connectivity index (χ0v) is 13.3. The van der Waals surface area contributed by atoms with Crippen molar-refractivity contribution >= 4 is 11.0 Å². The number of H-pyrrole nitrogens is 1. The van der Waals surface area contributed by atoms with Gasteiger partial charge in [0.2, 0.25) is 0 Å². The Balaban J connectivity index is 1.49. The highest BCUT2D eigenvalue weighted by Gasteiger charge is 2.28. The first-order chi connectivity index (χ1) is 11.7. The standard InChI is InChI=1S/C18H18N4O2/c1-10-6-13(7-10)16-20-17(24-21-16)12-4-5-15-14(8-12)19-18(23)22(15)9-11-2-3-11/h4-5,8,11,13H,1-3,6-7,9H2,(H,19,23). The molecule has 24 heavy (non-hydrogen) atoms. The molecule has 2 heterocycles. The molecule has 0 amide bonds. The third-order valence-electron chi connectivity index (χ3n) is 5.04. The largest absolute Gasteiger partial charge is 0.334 e. The molecule has 2 saturated carbocycles. The number of imidazole rings is 1. The molecule has 122 valence electrons. The smallest absolute Gasteiger partial charge is 0.326 e. The third-order valence-corrected chi connectivity index (χ3v) is 5.04. The van der Waals surface area contributed by atoms with E-state index in [0.29, 0.717) is 17.7 Å². The number of nitrogens with one attached hydrogen (secondary N) is 1. The van der Waals surface area contributed by atoms with Gasteiger partial charge < -0.3 is 9.51 Å². The Kier molecular flexibility index (Phi) is 2.83. The quantitative estimate of drug-likeness (QED) is 0.748. The second-order valence-corrected chi connectivity index (χ2v) is 7.03. The second-order valence-electron chi connectivity index (χ2n) is 7.03. The molecule has 0 unspecified atom stereocenters. The van der Waals surface area contributed by atoms with Crippen LogP contribution in [0.3, 0.4) is 0 Å². The van der Waals surface area contributed by atoms with Crippen molar-refractivity contribution < 1.29 is 4.52 Å². The molecule has 2 aromatic heterocycles. The summed E-state index contributed by atoms with van der Waals surface area (Å²) in [6.45, 7) is 4.75. The van der Waals surface area contributed by atoms with E-state index in [9.17, 15) is 4.79 Å². The topological polar surface area (TPSA) is 76.7 Å². The number of allylic oxidation sites excluding steroid dienone is 1. The van der Waals surface area contributed by atoms with Crippen LogP contribution in [0, 0.1) is 5.92 Å². The predicted molar refractivity (Wildman–Crippen MR) is 89.7 cm³/mol. The third kappa shape index (κ3) is 2.21. The first-order valence-corrected chi connectivity index (χ1v) is 8.40. The predicted octanol–water partition coefficient (Wildman–Crippen LogP) is 3.22. The fraction of sp³-hybridized carbons (Fsp3) is 0.389. The molecule has 0 atom stereocenters. The summed E-state index contributed by atoms with van der Waals surface area (Å²) in [4.78, 5) is 19.6. The van der Waals surface area contributed by atoms with E-state index in [2.05, 4.69) is 21.7 Å². The molecule has 1 N–H and O–H groups in total. The van der Waals surface area contributed by atoms with E-state index >= 15 is 0 Å². The normalized spacial score (nSPS) is 18.2. The van der Waals surface area contributed by atoms with Gasteiger partial charge in [0.25, 0.3) is 5.89 Å². The monoisotopic (exact) mass is 322 g/mol. The molecule has 2 aliphatic carbocycles. The first kappa shape index (κ1) is 13.8. The molecule has 6 nitrogen and oxygen atoms in total. The lowest BCUT2D eigenvalue weighted by molar-refractivity contribution is 0.404. The molecule has 0 saturated heterocycles. The summed E-state index contributed by atoms with van der Waals surface area (Å²) in [6.07, 6.45) is 4.32. The van der Waals surface area contributed by atoms with Crippen LogP contribution in [0.5, 0.6) is 0 Å². The Morgan fingerprint density at radius 1 is 1.33 bits per heavy atom. The minimum absolute atomic E-state index is 0.0479. The molecular weight excluding hydrogens is 304 g/mol. The number of hydrogen-bond donors (Lipinski definition) is 1. The number of fused-ring (bicyclic) bond motifs is 1. The lowest BCUT2D eigenvalue weighted by Gasteiger charge is -2.24. The summed E-state index contributed by atoms with van der Waals surface area (Å²) in [5.74, 6) is 2.23. The van der Waals surface area contributed by atoms with Crippen molar-refractivity contribution in [2.75, 3.05) is 0 Å². The van der Waals surface area contributed by atoms with Gasteiger partial charge in [0.05, 0.1) is 11.0 Å². The maximum Gasteiger partial charge on any atom is 0.326 e. The number of aromatic amines is 1. The van der Waals surface area contributed by atoms with Crippen LogP contribution in [0.4, 0.5) is 0 Å². The Morgan fingerprint density at radius 3 is 2.92 bits per heavy atom. The molecule has 5 rings (SSSR count). The Bertz CT molecular complexity index is 998. The lowest BCUT2D eigenvalue weighted by Crippen LogP contribution is -2.17. The fourth-order valence-corrected chi connectivity index (χ4v) is 3.37. The molecule has 2 aliphatic rings. The minimum Gasteiger partial charge on any atom is -0.334 e. The molecule has 2 fully saturated rings. The minimum atomic E-state index is -0.0479. The van der Waals surface area contributed by atoms with Gasteiger partial charge in [0, 0.05) is 18.0 Å². The van der Waals surface area contributed by atoms with E-state index in [4.69, 9.17) is 4.52 Å². The molecule has 6 heteroatoms. The molecule has 0 bridgehead atoms. The van der Waals surface area contributed by atoms with Crippen LogP contribution >= 0.6 is 0 Å². The van der Waals surface area contributed by atoms with E-state index in [1.165, 1.54) is 18.4 Å². The number of hydrogen-bond acceptors (Lipinski definition) is 4. The molecule has 0 spiro atoms. The van der Waals surface area contributed by atoms with E-state index in [1.54, 1.807) is 0 Å². The average molecular weight is 322 g/mol. The summed E-state index contributed by atoms with van der Waals surface area (Å²) in [5.41, 5.74) is 3.77. The summed E-state index contributed by atoms with van der Waals surface area (Å²) < 4.78 is 7.24. The van der Waals surface area contributed by atoms with Crippen molar-refractivity contribution in [1.82, 2.24) is 19.7 Å². The molecule has 3 aromatic rings. The van der Waals surface area contributed by atoms with Gasteiger partial charge in [-0.2, -0.15) is 4.98 Å². The highest BCUT2D eigenvalue weighted by atomic mass is 16.5. The van der Waals surface area contributed by atoms with E-state index < -0.39 is 0 Å². The number of benzene rings is 1. The van der Waals surface area contributed by atoms with Crippen molar-refractivity contribution in [1.29, 1.82) is 0 Å². The van der Waals surface area contributed by atoms with Gasteiger partial charge in [0.1, 0.15) is 0 Å². The highest BCUT2D eigenvalue weighted by molar-refractivity contribution is 5.80. The Morgan fingerprint density at radius 2 is 2.17 bits per heavy atom. The molecular formula is C18H18N4O2. The molecule has 0 radical (unpaired) electrons. The Labute approximate surface area is 138 Å². The number of nitrogens with zero attached hydrogens (tertiary/aromatic N) is 3. The van der Waals surface area contributed by atoms with Crippen LogP contribution in [-0.2, 0) is 6.54 Å². The van der Waals surface area contributed by atoms with Crippen LogP contribution in [0.1, 0.15) is 37.4 Å². The van der Waals surface area contributed by atoms with Crippen molar-refractivity contribution in [2.24, 2.45) is 5.92 Å². The van der Waals surface area contributed by atoms with Crippen LogP contribution in [-0.4, -0.2) is 19.7 Å². The Hall–Kier alpha value is -2.63. The summed E-state index contributed by atoms with van der Waals surface area (Å²) in [6, 6.07) is 5.81. The molecule has 1 aromatic carbocycles. The maximum atomic E-state index is 12.2. The summed E-state index contributed by atoms with van der Waals surface area (Å²) >= 11 is 0. The number of rotatable bonds is 4. The van der Waals surface area contributed by atoms with Gasteiger partial charge >= 0.3 is 5.69 Å². The zero-order chi connectivity index (χ0) is 16.3. The van der Waals surface area contributed by atoms with Gasteiger partial charge in [-0.25, -0.2) is 4.79 Å². The number of aromatic nitrogens is 4. The van der Waals surface area contributed by atoms with Gasteiger partial charge in [-0.3, -0.25) is 4.57 Å². The maximum absolute atomic E-state index is 12.2. The second kappa shape index (κ2) is 4.93. The lowest BCUT2D eigenvalue weighted by atomic mass is 9.81. The van der Waals surface area contributed by atoms with Crippen LogP contribution in [0.25, 0.3) is 22.5 Å². The average Bonchev–Trinajstić information content (AvgIpc) is 3.13. The zero-order valence-electron chi connectivity index (χ0n) is 13.3. The summed E-state index contributed by atoms with van der Waals surface area (Å²) in [7, 11) is 0. The van der Waals surface area contributed by atoms with Gasteiger partial charge in [-0.05, 0) is 49.8 Å². The van der Waals surface area contributed by atoms with E-state index in [0.717, 1.165) is 41.8 Å². The van der Waals surface area contributed by atoms with Gasteiger partial charge in [-0.1, -0.05) is 17.3 Å². The van der Waals surface area contributed by atoms with E-state index in [-0.39, 0.29) is 5.69 Å². The van der Waals surface area contributed by atoms with Crippen LogP contribution < -0.4 is 5.69 Å². The van der Waals surface area contributed by atoms with Crippen molar-refractivity contribution in [2.45, 2.75) is 38.1 Å². The van der Waals surface area contributed by atoms with Crippen molar-refractivity contribution in [3.63, 3.8) is 0 Å². The first-order valence-electron chi connectivity index (χ1n) is 8.40. The summed E-state index contributed by atoms with van der Waals surface area (Å²) in [5, 5.41) is 4.10. The van der Waals surface area contributed by atoms with Crippen LogP contribution in [0.15, 0.2) is 39.7 Å².